The van der Waals surface area contributed by atoms with Gasteiger partial charge in [0.1, 0.15) is 6.04 Å². The van der Waals surface area contributed by atoms with Gasteiger partial charge >= 0.3 is 5.97 Å². The largest absolute Gasteiger partial charge is 0.480 e. The van der Waals surface area contributed by atoms with Gasteiger partial charge in [-0.2, -0.15) is 0 Å². The Hall–Kier alpha value is -2.73. The lowest BCUT2D eigenvalue weighted by atomic mass is 9.47. The number of carboxylic acids is 1. The number of imidazole rings is 1. The number of nitrogens with one attached hydrogen (secondary N) is 2. The molecule has 0 saturated heterocycles. The number of aliphatic carboxylic acids is 1. The van der Waals surface area contributed by atoms with Crippen LogP contribution in [0, 0.1) is 28.6 Å². The molecule has 2 saturated carbocycles. The summed E-state index contributed by atoms with van der Waals surface area (Å²) in [5.41, 5.74) is 5.72. The van der Waals surface area contributed by atoms with Crippen LogP contribution < -0.4 is 5.32 Å². The average molecular weight is 487 g/mol. The van der Waals surface area contributed by atoms with Crippen molar-refractivity contribution in [3.05, 3.63) is 66.0 Å². The predicted molar refractivity (Wildman–Crippen MR) is 140 cm³/mol. The van der Waals surface area contributed by atoms with E-state index in [4.69, 9.17) is 0 Å². The monoisotopic (exact) mass is 486 g/mol. The van der Waals surface area contributed by atoms with Gasteiger partial charge in [0, 0.05) is 36.7 Å². The quantitative estimate of drug-likeness (QED) is 0.475. The van der Waals surface area contributed by atoms with E-state index in [0.717, 1.165) is 43.2 Å². The van der Waals surface area contributed by atoms with Gasteiger partial charge in [-0.3, -0.25) is 9.78 Å². The molecule has 2 aromatic heterocycles. The van der Waals surface area contributed by atoms with Gasteiger partial charge < -0.3 is 15.4 Å². The molecule has 0 aliphatic heterocycles. The van der Waals surface area contributed by atoms with E-state index in [-0.39, 0.29) is 16.9 Å². The summed E-state index contributed by atoms with van der Waals surface area (Å²) in [6.45, 7) is 5.02. The van der Waals surface area contributed by atoms with E-state index in [1.54, 1.807) is 18.1 Å². The summed E-state index contributed by atoms with van der Waals surface area (Å²) < 4.78 is 0. The molecule has 2 heterocycles. The van der Waals surface area contributed by atoms with E-state index in [9.17, 15) is 9.90 Å². The summed E-state index contributed by atoms with van der Waals surface area (Å²) >= 11 is 0. The summed E-state index contributed by atoms with van der Waals surface area (Å²) in [6, 6.07) is 3.90. The summed E-state index contributed by atoms with van der Waals surface area (Å²) in [4.78, 5) is 23.5. The van der Waals surface area contributed by atoms with Gasteiger partial charge in [-0.1, -0.05) is 37.6 Å². The molecule has 0 spiro atoms. The number of nitrogens with zero attached hydrogens (tertiary/aromatic N) is 2. The highest BCUT2D eigenvalue weighted by atomic mass is 16.4. The zero-order valence-electron chi connectivity index (χ0n) is 21.4. The minimum Gasteiger partial charge on any atom is -0.480 e. The SMILES string of the molecule is C[C@]12CC[C@H](N[C@@H](Cc3cnc[nH]3)C(=O)O)CC1=CC[C@@H]1[C@@H]2CC[C@]2(C)C(c3cccnc3)=CC[C@@H]12. The smallest absolute Gasteiger partial charge is 0.321 e. The molecule has 4 aliphatic carbocycles. The standard InChI is InChI=1S/C30H38N4O2/c1-29-11-9-21(34-27(28(35)36)15-22-17-32-18-33-22)14-20(29)5-6-23-25-8-7-24(19-4-3-13-31-16-19)30(25,2)12-10-26(23)29/h3-5,7,13,16-18,21,23,25-27,34H,6,8-12,14-15H2,1-2H3,(H,32,33)(H,35,36)/t21-,23-,25-,26-,27-,29-,30+/m0/s1. The lowest BCUT2D eigenvalue weighted by Gasteiger charge is -2.58. The summed E-state index contributed by atoms with van der Waals surface area (Å²) in [5, 5.41) is 13.3. The van der Waals surface area contributed by atoms with E-state index < -0.39 is 12.0 Å². The number of hydrogen-bond donors (Lipinski definition) is 3. The average Bonchev–Trinajstić information content (AvgIpc) is 3.51. The van der Waals surface area contributed by atoms with Crippen molar-refractivity contribution in [3.63, 3.8) is 0 Å². The molecule has 4 aliphatic rings. The van der Waals surface area contributed by atoms with Crippen molar-refractivity contribution in [2.75, 3.05) is 0 Å². The first-order valence-corrected chi connectivity index (χ1v) is 13.6. The number of H-pyrrole nitrogens is 1. The van der Waals surface area contributed by atoms with Crippen LogP contribution in [0.3, 0.4) is 0 Å². The minimum absolute atomic E-state index is 0.212. The number of carbonyl (C=O) groups is 1. The molecule has 0 bridgehead atoms. The molecular formula is C30H38N4O2. The first-order valence-electron chi connectivity index (χ1n) is 13.6. The van der Waals surface area contributed by atoms with Gasteiger partial charge in [0.25, 0.3) is 0 Å². The van der Waals surface area contributed by atoms with Crippen LogP contribution in [0.25, 0.3) is 5.57 Å². The third-order valence-corrected chi connectivity index (χ3v) is 10.4. The van der Waals surface area contributed by atoms with Crippen molar-refractivity contribution in [1.29, 1.82) is 0 Å². The van der Waals surface area contributed by atoms with Crippen LogP contribution in [0.1, 0.15) is 70.1 Å². The number of rotatable bonds is 6. The molecule has 2 fully saturated rings. The van der Waals surface area contributed by atoms with Gasteiger partial charge in [0.15, 0.2) is 0 Å². The Balaban J connectivity index is 1.18. The highest BCUT2D eigenvalue weighted by molar-refractivity contribution is 5.74. The number of aromatic amines is 1. The fraction of sp³-hybridized carbons (Fsp3) is 0.567. The van der Waals surface area contributed by atoms with E-state index in [1.807, 2.05) is 12.4 Å². The lowest BCUT2D eigenvalue weighted by Crippen LogP contribution is -2.52. The normalized spacial score (nSPS) is 36.2. The van der Waals surface area contributed by atoms with Crippen LogP contribution >= 0.6 is 0 Å². The van der Waals surface area contributed by atoms with Gasteiger partial charge in [-0.15, -0.1) is 0 Å². The van der Waals surface area contributed by atoms with Gasteiger partial charge in [-0.25, -0.2) is 4.98 Å². The topological polar surface area (TPSA) is 90.9 Å². The number of carboxylic acid groups (broad SMARTS) is 1. The van der Waals surface area contributed by atoms with Gasteiger partial charge in [-0.05, 0) is 90.7 Å². The fourth-order valence-corrected chi connectivity index (χ4v) is 8.46. The Morgan fingerprint density at radius 3 is 2.75 bits per heavy atom. The zero-order valence-corrected chi connectivity index (χ0v) is 21.4. The third kappa shape index (κ3) is 3.85. The molecule has 6 nitrogen and oxygen atoms in total. The van der Waals surface area contributed by atoms with Crippen LogP contribution in [0.4, 0.5) is 0 Å². The highest BCUT2D eigenvalue weighted by Crippen LogP contribution is 2.66. The Bertz CT molecular complexity index is 1170. The number of aromatic nitrogens is 3. The molecular weight excluding hydrogens is 448 g/mol. The maximum atomic E-state index is 12.0. The van der Waals surface area contributed by atoms with E-state index in [2.05, 4.69) is 58.4 Å². The van der Waals surface area contributed by atoms with E-state index in [1.165, 1.54) is 30.4 Å². The van der Waals surface area contributed by atoms with Crippen molar-refractivity contribution in [3.8, 4) is 0 Å². The second kappa shape index (κ2) is 8.98. The molecule has 2 aromatic rings. The van der Waals surface area contributed by atoms with Crippen LogP contribution in [-0.4, -0.2) is 38.1 Å². The van der Waals surface area contributed by atoms with Crippen LogP contribution in [0.5, 0.6) is 0 Å². The van der Waals surface area contributed by atoms with Crippen molar-refractivity contribution in [2.45, 2.75) is 77.3 Å². The molecule has 6 rings (SSSR count). The van der Waals surface area contributed by atoms with Gasteiger partial charge in [0.05, 0.1) is 6.33 Å². The van der Waals surface area contributed by atoms with Crippen molar-refractivity contribution in [2.24, 2.45) is 28.6 Å². The Morgan fingerprint density at radius 1 is 1.14 bits per heavy atom. The van der Waals surface area contributed by atoms with Gasteiger partial charge in [0.2, 0.25) is 0 Å². The lowest BCUT2D eigenvalue weighted by molar-refractivity contribution is -0.139. The number of fused-ring (bicyclic) bond motifs is 5. The summed E-state index contributed by atoms with van der Waals surface area (Å²) in [6.07, 6.45) is 20.7. The summed E-state index contributed by atoms with van der Waals surface area (Å²) in [5.74, 6) is 1.35. The number of hydrogen-bond acceptors (Lipinski definition) is 4. The second-order valence-corrected chi connectivity index (χ2v) is 12.1. The molecule has 0 unspecified atom stereocenters. The third-order valence-electron chi connectivity index (χ3n) is 10.4. The molecule has 0 aromatic carbocycles. The van der Waals surface area contributed by atoms with Crippen molar-refractivity contribution in [1.82, 2.24) is 20.3 Å². The van der Waals surface area contributed by atoms with E-state index >= 15 is 0 Å². The molecule has 0 radical (unpaired) electrons. The van der Waals surface area contributed by atoms with Crippen LogP contribution in [0.2, 0.25) is 0 Å². The first kappa shape index (κ1) is 23.7. The molecule has 0 amide bonds. The highest BCUT2D eigenvalue weighted by Gasteiger charge is 2.56. The molecule has 190 valence electrons. The number of pyridine rings is 1. The number of allylic oxidation sites excluding steroid dienone is 3. The maximum Gasteiger partial charge on any atom is 0.321 e. The summed E-state index contributed by atoms with van der Waals surface area (Å²) in [7, 11) is 0. The van der Waals surface area contributed by atoms with Crippen LogP contribution in [0.15, 0.2) is 54.8 Å². The maximum absolute atomic E-state index is 12.0. The Morgan fingerprint density at radius 2 is 2.00 bits per heavy atom. The first-order chi connectivity index (χ1) is 17.4. The fourth-order valence-electron chi connectivity index (χ4n) is 8.46. The molecule has 6 heteroatoms. The van der Waals surface area contributed by atoms with E-state index in [0.29, 0.717) is 12.3 Å². The zero-order chi connectivity index (χ0) is 24.9. The predicted octanol–water partition coefficient (Wildman–Crippen LogP) is 5.41. The minimum atomic E-state index is -0.791. The molecule has 36 heavy (non-hydrogen) atoms. The Labute approximate surface area is 213 Å². The van der Waals surface area contributed by atoms with Crippen LogP contribution in [-0.2, 0) is 11.2 Å². The van der Waals surface area contributed by atoms with Crippen molar-refractivity contribution < 1.29 is 9.90 Å². The molecule has 3 N–H and O–H groups in total. The Kier molecular flexibility index (Phi) is 5.90. The van der Waals surface area contributed by atoms with Crippen molar-refractivity contribution >= 4 is 11.5 Å². The molecule has 7 atom stereocenters. The second-order valence-electron chi connectivity index (χ2n) is 12.1.